The number of hydrogen-bond acceptors (Lipinski definition) is 6. The molecule has 0 radical (unpaired) electrons. The zero-order chi connectivity index (χ0) is 22.8. The standard InChI is InChI=1S/C22H21N5O5/c1-32-15-12-25-18(20(23)29)17-16(15)14(11-24-17)19(28)22(31)27-9-7-26(8-10-27)21(30)13-5-3-2-4-6-13/h2-6,11-12,24H,7-10H2,1H3,(H2,23,29). The van der Waals surface area contributed by atoms with Crippen molar-refractivity contribution in [3.8, 4) is 5.75 Å². The average Bonchev–Trinajstić information content (AvgIpc) is 3.28. The summed E-state index contributed by atoms with van der Waals surface area (Å²) >= 11 is 0. The lowest BCUT2D eigenvalue weighted by Gasteiger charge is -2.34. The van der Waals surface area contributed by atoms with Crippen molar-refractivity contribution in [1.82, 2.24) is 19.8 Å². The summed E-state index contributed by atoms with van der Waals surface area (Å²) in [6.45, 7) is 1.10. The van der Waals surface area contributed by atoms with Crippen LogP contribution in [-0.4, -0.2) is 76.6 Å². The molecule has 0 saturated carbocycles. The molecule has 164 valence electrons. The summed E-state index contributed by atoms with van der Waals surface area (Å²) in [6.07, 6.45) is 2.63. The monoisotopic (exact) mass is 435 g/mol. The maximum absolute atomic E-state index is 13.0. The fourth-order valence-corrected chi connectivity index (χ4v) is 3.77. The SMILES string of the molecule is COc1cnc(C(N)=O)c2[nH]cc(C(=O)C(=O)N3CCN(C(=O)c4ccccc4)CC3)c12. The number of nitrogens with one attached hydrogen (secondary N) is 1. The first kappa shape index (κ1) is 21.0. The zero-order valence-electron chi connectivity index (χ0n) is 17.3. The summed E-state index contributed by atoms with van der Waals surface area (Å²) in [5.41, 5.74) is 6.17. The van der Waals surface area contributed by atoms with E-state index in [1.165, 1.54) is 24.4 Å². The minimum atomic E-state index is -0.774. The Morgan fingerprint density at radius 1 is 1.03 bits per heavy atom. The van der Waals surface area contributed by atoms with Gasteiger partial charge >= 0.3 is 0 Å². The van der Waals surface area contributed by atoms with Gasteiger partial charge in [-0.05, 0) is 12.1 Å². The third-order valence-corrected chi connectivity index (χ3v) is 5.44. The lowest BCUT2D eigenvalue weighted by molar-refractivity contribution is -0.127. The number of nitrogens with zero attached hydrogens (tertiary/aromatic N) is 3. The number of H-pyrrole nitrogens is 1. The molecule has 0 spiro atoms. The quantitative estimate of drug-likeness (QED) is 0.450. The number of hydrogen-bond donors (Lipinski definition) is 2. The zero-order valence-corrected chi connectivity index (χ0v) is 17.3. The van der Waals surface area contributed by atoms with Gasteiger partial charge in [-0.15, -0.1) is 0 Å². The third kappa shape index (κ3) is 3.66. The number of Topliss-reactive ketones (excluding diaryl/α,β-unsaturated/α-hetero) is 1. The van der Waals surface area contributed by atoms with Crippen LogP contribution in [0.25, 0.3) is 10.9 Å². The third-order valence-electron chi connectivity index (χ3n) is 5.44. The lowest BCUT2D eigenvalue weighted by Crippen LogP contribution is -2.52. The highest BCUT2D eigenvalue weighted by Gasteiger charge is 2.31. The van der Waals surface area contributed by atoms with Gasteiger partial charge in [0.2, 0.25) is 0 Å². The molecule has 3 aromatic rings. The van der Waals surface area contributed by atoms with Gasteiger partial charge in [-0.25, -0.2) is 4.98 Å². The Labute approximate surface area is 182 Å². The average molecular weight is 435 g/mol. The Morgan fingerprint density at radius 2 is 1.69 bits per heavy atom. The summed E-state index contributed by atoms with van der Waals surface area (Å²) in [5, 5.41) is 0.271. The van der Waals surface area contributed by atoms with Gasteiger partial charge in [-0.2, -0.15) is 0 Å². The molecule has 1 saturated heterocycles. The Kier molecular flexibility index (Phi) is 5.59. The van der Waals surface area contributed by atoms with Crippen molar-refractivity contribution >= 4 is 34.4 Å². The molecule has 0 atom stereocenters. The van der Waals surface area contributed by atoms with Crippen LogP contribution in [0.3, 0.4) is 0 Å². The van der Waals surface area contributed by atoms with Crippen molar-refractivity contribution in [3.63, 3.8) is 0 Å². The van der Waals surface area contributed by atoms with Crippen LogP contribution in [0, 0.1) is 0 Å². The van der Waals surface area contributed by atoms with Crippen LogP contribution in [0.1, 0.15) is 31.2 Å². The normalized spacial score (nSPS) is 13.8. The Hall–Kier alpha value is -4.21. The number of methoxy groups -OCH3 is 1. The molecule has 10 nitrogen and oxygen atoms in total. The number of aromatic amines is 1. The maximum atomic E-state index is 13.0. The summed E-state index contributed by atoms with van der Waals surface area (Å²) < 4.78 is 5.26. The molecule has 3 amide bonds. The summed E-state index contributed by atoms with van der Waals surface area (Å²) in [4.78, 5) is 60.0. The molecule has 1 aromatic carbocycles. The minimum absolute atomic E-state index is 0.0552. The number of aromatic nitrogens is 2. The number of carbonyl (C=O) groups is 4. The first-order chi connectivity index (χ1) is 15.4. The first-order valence-corrected chi connectivity index (χ1v) is 9.94. The number of ketones is 1. The van der Waals surface area contributed by atoms with E-state index in [4.69, 9.17) is 10.5 Å². The Morgan fingerprint density at radius 3 is 2.31 bits per heavy atom. The van der Waals surface area contributed by atoms with Crippen molar-refractivity contribution in [3.05, 3.63) is 59.5 Å². The number of carbonyl (C=O) groups excluding carboxylic acids is 4. The van der Waals surface area contributed by atoms with E-state index in [0.717, 1.165) is 0 Å². The molecule has 1 aliphatic rings. The van der Waals surface area contributed by atoms with Crippen LogP contribution >= 0.6 is 0 Å². The maximum Gasteiger partial charge on any atom is 0.295 e. The predicted molar refractivity (Wildman–Crippen MR) is 114 cm³/mol. The lowest BCUT2D eigenvalue weighted by atomic mass is 10.1. The molecule has 0 bridgehead atoms. The van der Waals surface area contributed by atoms with Crippen molar-refractivity contribution in [2.45, 2.75) is 0 Å². The summed E-state index contributed by atoms with van der Waals surface area (Å²) in [7, 11) is 1.40. The molecule has 0 unspecified atom stereocenters. The smallest absolute Gasteiger partial charge is 0.295 e. The molecular weight excluding hydrogens is 414 g/mol. The number of piperazine rings is 1. The Bertz CT molecular complexity index is 1210. The number of pyridine rings is 1. The van der Waals surface area contributed by atoms with Crippen molar-refractivity contribution in [1.29, 1.82) is 0 Å². The van der Waals surface area contributed by atoms with Gasteiger partial charge in [-0.3, -0.25) is 19.2 Å². The second-order valence-corrected chi connectivity index (χ2v) is 7.27. The van der Waals surface area contributed by atoms with E-state index in [9.17, 15) is 19.2 Å². The van der Waals surface area contributed by atoms with Gasteiger partial charge in [0.25, 0.3) is 23.5 Å². The number of fused-ring (bicyclic) bond motifs is 1. The van der Waals surface area contributed by atoms with E-state index < -0.39 is 17.6 Å². The first-order valence-electron chi connectivity index (χ1n) is 9.94. The van der Waals surface area contributed by atoms with E-state index in [1.807, 2.05) is 6.07 Å². The summed E-state index contributed by atoms with van der Waals surface area (Å²) in [5.74, 6) is -2.10. The fourth-order valence-electron chi connectivity index (χ4n) is 3.77. The molecule has 1 aliphatic heterocycles. The molecule has 4 rings (SSSR count). The van der Waals surface area contributed by atoms with Crippen LogP contribution in [0.5, 0.6) is 5.75 Å². The number of rotatable bonds is 5. The van der Waals surface area contributed by atoms with Gasteiger partial charge in [0.15, 0.2) is 5.69 Å². The van der Waals surface area contributed by atoms with E-state index in [1.54, 1.807) is 29.2 Å². The molecule has 3 N–H and O–H groups in total. The van der Waals surface area contributed by atoms with Gasteiger partial charge in [0.1, 0.15) is 5.75 Å². The van der Waals surface area contributed by atoms with Crippen LogP contribution in [0.2, 0.25) is 0 Å². The van der Waals surface area contributed by atoms with E-state index in [0.29, 0.717) is 18.7 Å². The highest BCUT2D eigenvalue weighted by atomic mass is 16.5. The minimum Gasteiger partial charge on any atom is -0.494 e. The second kappa shape index (κ2) is 8.50. The van der Waals surface area contributed by atoms with Crippen LogP contribution in [0.15, 0.2) is 42.7 Å². The van der Waals surface area contributed by atoms with Crippen molar-refractivity contribution in [2.75, 3.05) is 33.3 Å². The van der Waals surface area contributed by atoms with Crippen LogP contribution in [0.4, 0.5) is 0 Å². The van der Waals surface area contributed by atoms with Crippen LogP contribution < -0.4 is 10.5 Å². The van der Waals surface area contributed by atoms with Gasteiger partial charge < -0.3 is 25.3 Å². The number of ether oxygens (including phenoxy) is 1. The molecule has 10 heteroatoms. The molecule has 32 heavy (non-hydrogen) atoms. The molecule has 2 aromatic heterocycles. The molecule has 3 heterocycles. The predicted octanol–water partition coefficient (Wildman–Crippen LogP) is 0.838. The number of primary amides is 1. The number of benzene rings is 1. The molecular formula is C22H21N5O5. The Balaban J connectivity index is 1.52. The van der Waals surface area contributed by atoms with Crippen molar-refractivity contribution < 1.29 is 23.9 Å². The molecule has 1 fully saturated rings. The second-order valence-electron chi connectivity index (χ2n) is 7.27. The topological polar surface area (TPSA) is 139 Å². The highest BCUT2D eigenvalue weighted by molar-refractivity contribution is 6.45. The highest BCUT2D eigenvalue weighted by Crippen LogP contribution is 2.30. The van der Waals surface area contributed by atoms with Crippen molar-refractivity contribution in [2.24, 2.45) is 5.73 Å². The summed E-state index contributed by atoms with van der Waals surface area (Å²) in [6, 6.07) is 8.90. The van der Waals surface area contributed by atoms with E-state index in [2.05, 4.69) is 9.97 Å². The van der Waals surface area contributed by atoms with Gasteiger partial charge in [0.05, 0.1) is 29.8 Å². The molecule has 0 aliphatic carbocycles. The van der Waals surface area contributed by atoms with E-state index >= 15 is 0 Å². The fraction of sp³-hybridized carbons (Fsp3) is 0.227. The van der Waals surface area contributed by atoms with Crippen LogP contribution in [-0.2, 0) is 4.79 Å². The van der Waals surface area contributed by atoms with Gasteiger partial charge in [0, 0.05) is 37.9 Å². The van der Waals surface area contributed by atoms with E-state index in [-0.39, 0.29) is 46.9 Å². The number of amides is 3. The van der Waals surface area contributed by atoms with Gasteiger partial charge in [-0.1, -0.05) is 18.2 Å². The number of nitrogens with two attached hydrogens (primary N) is 1. The largest absolute Gasteiger partial charge is 0.494 e.